The molecular weight excluding hydrogens is 424 g/mol. The smallest absolute Gasteiger partial charge is 0.221 e. The Labute approximate surface area is 193 Å². The molecule has 0 saturated heterocycles. The van der Waals surface area contributed by atoms with Crippen LogP contribution in [0, 0.1) is 0 Å². The van der Waals surface area contributed by atoms with Crippen molar-refractivity contribution in [3.05, 3.63) is 46.5 Å². The van der Waals surface area contributed by atoms with E-state index in [1.54, 1.807) is 24.3 Å². The maximum atomic E-state index is 13.7. The number of carbonyl (C=O) groups is 3. The molecule has 0 fully saturated rings. The van der Waals surface area contributed by atoms with Crippen LogP contribution in [0.25, 0.3) is 0 Å². The Balaban J connectivity index is 2.11. The first-order chi connectivity index (χ1) is 15.5. The first-order valence-electron chi connectivity index (χ1n) is 10.8. The number of aliphatic hydroxyl groups is 1. The number of nitrogens with one attached hydrogen (secondary N) is 2. The monoisotopic (exact) mass is 455 g/mol. The van der Waals surface area contributed by atoms with Crippen molar-refractivity contribution in [1.29, 1.82) is 0 Å². The van der Waals surface area contributed by atoms with Gasteiger partial charge < -0.3 is 30.7 Å². The Kier molecular flexibility index (Phi) is 7.04. The molecule has 9 heteroatoms. The van der Waals surface area contributed by atoms with Crippen molar-refractivity contribution < 1.29 is 28.7 Å². The number of nitrogen functional groups attached to an aromatic ring is 1. The van der Waals surface area contributed by atoms with Crippen molar-refractivity contribution in [3.63, 3.8) is 0 Å². The van der Waals surface area contributed by atoms with Gasteiger partial charge in [0.05, 0.1) is 62.4 Å². The highest BCUT2D eigenvalue weighted by Gasteiger charge is 2.37. The lowest BCUT2D eigenvalue weighted by Crippen LogP contribution is -2.36. The van der Waals surface area contributed by atoms with E-state index in [1.807, 2.05) is 0 Å². The minimum Gasteiger partial charge on any atom is -0.489 e. The average molecular weight is 456 g/mol. The summed E-state index contributed by atoms with van der Waals surface area (Å²) in [7, 11) is 6.28. The number of carbonyl (C=O) groups excluding carboxylic acids is 3. The summed E-state index contributed by atoms with van der Waals surface area (Å²) in [6, 6.07) is 6.32. The maximum absolute atomic E-state index is 13.7. The van der Waals surface area contributed by atoms with E-state index in [0.717, 1.165) is 17.4 Å². The zero-order valence-electron chi connectivity index (χ0n) is 19.4. The molecule has 0 aromatic heterocycles. The first kappa shape index (κ1) is 24.2. The lowest BCUT2D eigenvalue weighted by Gasteiger charge is -2.26. The van der Waals surface area contributed by atoms with Gasteiger partial charge in [0.2, 0.25) is 5.91 Å². The van der Waals surface area contributed by atoms with Crippen molar-refractivity contribution in [2.45, 2.75) is 13.3 Å². The second-order valence-electron chi connectivity index (χ2n) is 9.02. The van der Waals surface area contributed by atoms with Crippen LogP contribution in [0.4, 0.5) is 17.1 Å². The van der Waals surface area contributed by atoms with Crippen molar-refractivity contribution in [2.24, 2.45) is 0 Å². The molecule has 0 saturated carbocycles. The molecule has 5 N–H and O–H groups in total. The van der Waals surface area contributed by atoms with Gasteiger partial charge in [-0.15, -0.1) is 0 Å². The molecule has 3 rings (SSSR count). The van der Waals surface area contributed by atoms with Crippen LogP contribution in [0.5, 0.6) is 5.75 Å². The highest BCUT2D eigenvalue weighted by molar-refractivity contribution is 6.34. The minimum atomic E-state index is -0.423. The molecule has 1 amide bonds. The fourth-order valence-corrected chi connectivity index (χ4v) is 3.88. The third kappa shape index (κ3) is 5.15. The minimum absolute atomic E-state index is 0.00463. The number of hydrogen-bond donors (Lipinski definition) is 4. The van der Waals surface area contributed by atoms with Gasteiger partial charge in [-0.05, 0) is 6.07 Å². The van der Waals surface area contributed by atoms with E-state index >= 15 is 0 Å². The van der Waals surface area contributed by atoms with E-state index in [2.05, 4.69) is 31.8 Å². The Hall–Kier alpha value is -3.43. The predicted octanol–water partition coefficient (Wildman–Crippen LogP) is 1.88. The van der Waals surface area contributed by atoms with Crippen LogP contribution in [0.2, 0.25) is 0 Å². The van der Waals surface area contributed by atoms with Crippen molar-refractivity contribution >= 4 is 34.5 Å². The molecule has 0 atom stereocenters. The highest BCUT2D eigenvalue weighted by atomic mass is 16.5. The van der Waals surface area contributed by atoms with Crippen LogP contribution < -0.4 is 21.1 Å². The SMILES string of the molecule is CC(=O)Nc1cccc2c1C(=O)c1c(NCCC[N+](C)(C)C)cc(OCCO)c(N)c1C2=O. The van der Waals surface area contributed by atoms with Crippen LogP contribution >= 0.6 is 0 Å². The van der Waals surface area contributed by atoms with Crippen LogP contribution in [0.15, 0.2) is 24.3 Å². The molecule has 2 aromatic carbocycles. The standard InChI is InChI=1S/C24H30N4O5/c1-14(30)27-16-8-5-7-15-19(16)24(32)20-17(26-9-6-10-28(2,3)4)13-18(33-12-11-29)22(25)21(20)23(15)31/h5,7-8,13,29H,6,9-12H2,1-4H3,(H3-,25,26,27,30,31,32)/p+1. The largest absolute Gasteiger partial charge is 0.489 e. The van der Waals surface area contributed by atoms with Gasteiger partial charge in [-0.25, -0.2) is 0 Å². The van der Waals surface area contributed by atoms with Crippen LogP contribution in [-0.2, 0) is 4.79 Å². The van der Waals surface area contributed by atoms with Gasteiger partial charge in [-0.2, -0.15) is 0 Å². The van der Waals surface area contributed by atoms with E-state index in [9.17, 15) is 14.4 Å². The Morgan fingerprint density at radius 2 is 1.82 bits per heavy atom. The molecule has 0 heterocycles. The van der Waals surface area contributed by atoms with Gasteiger partial charge in [0.15, 0.2) is 11.6 Å². The number of quaternary nitrogens is 1. The third-order valence-electron chi connectivity index (χ3n) is 5.30. The molecule has 0 radical (unpaired) electrons. The van der Waals surface area contributed by atoms with Crippen molar-refractivity contribution in [1.82, 2.24) is 0 Å². The molecule has 0 bridgehead atoms. The van der Waals surface area contributed by atoms with Gasteiger partial charge in [0.1, 0.15) is 12.4 Å². The number of aliphatic hydroxyl groups excluding tert-OH is 1. The summed E-state index contributed by atoms with van der Waals surface area (Å²) in [6.45, 7) is 2.58. The summed E-state index contributed by atoms with van der Waals surface area (Å²) < 4.78 is 6.35. The number of rotatable bonds is 9. The quantitative estimate of drug-likeness (QED) is 0.220. The van der Waals surface area contributed by atoms with Crippen molar-refractivity contribution in [2.75, 3.05) is 63.8 Å². The second kappa shape index (κ2) is 9.60. The summed E-state index contributed by atoms with van der Waals surface area (Å²) in [5.41, 5.74) is 7.56. The normalized spacial score (nSPS) is 12.8. The summed E-state index contributed by atoms with van der Waals surface area (Å²) in [5.74, 6) is -0.952. The fraction of sp³-hybridized carbons (Fsp3) is 0.375. The average Bonchev–Trinajstić information content (AvgIpc) is 2.73. The predicted molar refractivity (Wildman–Crippen MR) is 127 cm³/mol. The summed E-state index contributed by atoms with van der Waals surface area (Å²) >= 11 is 0. The number of ether oxygens (including phenoxy) is 1. The lowest BCUT2D eigenvalue weighted by atomic mass is 9.81. The number of anilines is 3. The van der Waals surface area contributed by atoms with E-state index in [-0.39, 0.29) is 58.5 Å². The zero-order valence-corrected chi connectivity index (χ0v) is 19.4. The number of nitrogens with two attached hydrogens (primary N) is 1. The number of nitrogens with zero attached hydrogens (tertiary/aromatic N) is 1. The highest BCUT2D eigenvalue weighted by Crippen LogP contribution is 2.42. The molecular formula is C24H31N4O5+. The molecule has 2 aromatic rings. The molecule has 1 aliphatic carbocycles. The number of hydrogen-bond acceptors (Lipinski definition) is 7. The number of ketones is 2. The molecule has 9 nitrogen and oxygen atoms in total. The molecule has 176 valence electrons. The number of fused-ring (bicyclic) bond motifs is 2. The Morgan fingerprint density at radius 3 is 2.45 bits per heavy atom. The van der Waals surface area contributed by atoms with Gasteiger partial charge >= 0.3 is 0 Å². The summed E-state index contributed by atoms with van der Waals surface area (Å²) in [6.07, 6.45) is 0.825. The van der Waals surface area contributed by atoms with Gasteiger partial charge in [-0.3, -0.25) is 14.4 Å². The van der Waals surface area contributed by atoms with E-state index in [0.29, 0.717) is 12.2 Å². The number of amides is 1. The van der Waals surface area contributed by atoms with E-state index < -0.39 is 11.6 Å². The Bertz CT molecular complexity index is 1110. The summed E-state index contributed by atoms with van der Waals surface area (Å²) in [5, 5.41) is 15.1. The molecule has 0 unspecified atom stereocenters. The van der Waals surface area contributed by atoms with Crippen LogP contribution in [-0.4, -0.2) is 74.5 Å². The first-order valence-corrected chi connectivity index (χ1v) is 10.8. The third-order valence-corrected chi connectivity index (χ3v) is 5.30. The topological polar surface area (TPSA) is 131 Å². The fourth-order valence-electron chi connectivity index (χ4n) is 3.88. The number of benzene rings is 2. The summed E-state index contributed by atoms with van der Waals surface area (Å²) in [4.78, 5) is 38.8. The maximum Gasteiger partial charge on any atom is 0.221 e. The van der Waals surface area contributed by atoms with E-state index in [1.165, 1.54) is 6.92 Å². The van der Waals surface area contributed by atoms with Gasteiger partial charge in [0, 0.05) is 37.2 Å². The molecule has 1 aliphatic rings. The van der Waals surface area contributed by atoms with Gasteiger partial charge in [-0.1, -0.05) is 12.1 Å². The zero-order chi connectivity index (χ0) is 24.3. The second-order valence-corrected chi connectivity index (χ2v) is 9.02. The molecule has 33 heavy (non-hydrogen) atoms. The van der Waals surface area contributed by atoms with Gasteiger partial charge in [0.25, 0.3) is 0 Å². The molecule has 0 aliphatic heterocycles. The molecule has 0 spiro atoms. The van der Waals surface area contributed by atoms with E-state index in [4.69, 9.17) is 15.6 Å². The van der Waals surface area contributed by atoms with Crippen molar-refractivity contribution in [3.8, 4) is 5.75 Å². The van der Waals surface area contributed by atoms with Crippen LogP contribution in [0.1, 0.15) is 45.2 Å². The van der Waals surface area contributed by atoms with Crippen LogP contribution in [0.3, 0.4) is 0 Å². The lowest BCUT2D eigenvalue weighted by molar-refractivity contribution is -0.870. The Morgan fingerprint density at radius 1 is 1.09 bits per heavy atom.